The summed E-state index contributed by atoms with van der Waals surface area (Å²) in [4.78, 5) is 11.2. The van der Waals surface area contributed by atoms with E-state index in [1.807, 2.05) is 6.92 Å². The molecule has 90 valence electrons. The van der Waals surface area contributed by atoms with Crippen molar-refractivity contribution < 1.29 is 14.3 Å². The van der Waals surface area contributed by atoms with E-state index in [0.717, 1.165) is 32.3 Å². The highest BCUT2D eigenvalue weighted by Crippen LogP contribution is 2.00. The molecule has 15 heavy (non-hydrogen) atoms. The number of carbonyl (C=O) groups is 1. The fourth-order valence-electron chi connectivity index (χ4n) is 1.08. The van der Waals surface area contributed by atoms with Gasteiger partial charge in [0.25, 0.3) is 0 Å². The molecule has 3 nitrogen and oxygen atoms in total. The molecular formula is C12H24O3. The predicted octanol–water partition coefficient (Wildman–Crippen LogP) is 2.93. The second-order valence-corrected chi connectivity index (χ2v) is 3.82. The van der Waals surface area contributed by atoms with E-state index in [1.54, 1.807) is 0 Å². The third-order valence-corrected chi connectivity index (χ3v) is 2.11. The van der Waals surface area contributed by atoms with Crippen LogP contribution >= 0.6 is 0 Å². The van der Waals surface area contributed by atoms with Crippen molar-refractivity contribution in [2.24, 2.45) is 0 Å². The molecule has 0 radical (unpaired) electrons. The van der Waals surface area contributed by atoms with E-state index >= 15 is 0 Å². The Bertz CT molecular complexity index is 157. The van der Waals surface area contributed by atoms with E-state index in [9.17, 15) is 4.79 Å². The van der Waals surface area contributed by atoms with Gasteiger partial charge in [0.05, 0.1) is 6.10 Å². The van der Waals surface area contributed by atoms with Crippen LogP contribution in [0.1, 0.15) is 52.9 Å². The normalized spacial score (nSPS) is 12.5. The molecule has 0 saturated carbocycles. The Hall–Kier alpha value is -0.570. The van der Waals surface area contributed by atoms with Crippen LogP contribution < -0.4 is 0 Å². The van der Waals surface area contributed by atoms with Crippen molar-refractivity contribution in [3.05, 3.63) is 0 Å². The monoisotopic (exact) mass is 216 g/mol. The van der Waals surface area contributed by atoms with E-state index in [4.69, 9.17) is 9.47 Å². The number of unbranched alkanes of at least 4 members (excludes halogenated alkanes) is 2. The number of carbonyl (C=O) groups excluding carboxylic acids is 1. The van der Waals surface area contributed by atoms with Crippen LogP contribution in [-0.4, -0.2) is 25.3 Å². The van der Waals surface area contributed by atoms with Gasteiger partial charge in [-0.15, -0.1) is 0 Å². The van der Waals surface area contributed by atoms with Crippen molar-refractivity contribution in [3.63, 3.8) is 0 Å². The van der Waals surface area contributed by atoms with Gasteiger partial charge < -0.3 is 9.47 Å². The minimum atomic E-state index is -0.109. The van der Waals surface area contributed by atoms with E-state index in [-0.39, 0.29) is 12.1 Å². The van der Waals surface area contributed by atoms with Gasteiger partial charge in [-0.2, -0.15) is 0 Å². The molecule has 0 saturated heterocycles. The van der Waals surface area contributed by atoms with Gasteiger partial charge in [-0.05, 0) is 19.8 Å². The summed E-state index contributed by atoms with van der Waals surface area (Å²) in [6.07, 6.45) is 4.67. The lowest BCUT2D eigenvalue weighted by molar-refractivity contribution is -0.147. The molecule has 0 aromatic heterocycles. The van der Waals surface area contributed by atoms with Crippen molar-refractivity contribution in [2.75, 3.05) is 13.2 Å². The van der Waals surface area contributed by atoms with Gasteiger partial charge in [-0.25, -0.2) is 0 Å². The molecule has 0 aliphatic rings. The highest BCUT2D eigenvalue weighted by Gasteiger charge is 2.06. The quantitative estimate of drug-likeness (QED) is 0.439. The summed E-state index contributed by atoms with van der Waals surface area (Å²) in [5, 5.41) is 0. The molecule has 1 unspecified atom stereocenters. The summed E-state index contributed by atoms with van der Waals surface area (Å²) in [6, 6.07) is 0. The second kappa shape index (κ2) is 9.97. The maximum atomic E-state index is 11.2. The molecule has 0 heterocycles. The van der Waals surface area contributed by atoms with Crippen LogP contribution in [0.2, 0.25) is 0 Å². The van der Waals surface area contributed by atoms with E-state index < -0.39 is 0 Å². The smallest absolute Gasteiger partial charge is 0.305 e. The molecule has 0 aromatic rings. The first-order chi connectivity index (χ1) is 7.20. The summed E-state index contributed by atoms with van der Waals surface area (Å²) < 4.78 is 10.5. The Morgan fingerprint density at radius 3 is 2.47 bits per heavy atom. The average Bonchev–Trinajstić information content (AvgIpc) is 2.24. The van der Waals surface area contributed by atoms with Gasteiger partial charge in [-0.3, -0.25) is 4.79 Å². The van der Waals surface area contributed by atoms with Gasteiger partial charge in [0.2, 0.25) is 0 Å². The van der Waals surface area contributed by atoms with Crippen molar-refractivity contribution in [2.45, 2.75) is 59.0 Å². The lowest BCUT2D eigenvalue weighted by atomic mass is 10.2. The van der Waals surface area contributed by atoms with Gasteiger partial charge in [0.1, 0.15) is 6.61 Å². The summed E-state index contributed by atoms with van der Waals surface area (Å²) in [5.74, 6) is -0.109. The molecular weight excluding hydrogens is 192 g/mol. The van der Waals surface area contributed by atoms with E-state index in [1.165, 1.54) is 0 Å². The van der Waals surface area contributed by atoms with Crippen LogP contribution in [0.4, 0.5) is 0 Å². The summed E-state index contributed by atoms with van der Waals surface area (Å²) in [6.45, 7) is 7.25. The van der Waals surface area contributed by atoms with Gasteiger partial charge in [0.15, 0.2) is 0 Å². The maximum Gasteiger partial charge on any atom is 0.305 e. The molecule has 0 N–H and O–H groups in total. The van der Waals surface area contributed by atoms with Crippen molar-refractivity contribution >= 4 is 5.97 Å². The fraction of sp³-hybridized carbons (Fsp3) is 0.917. The van der Waals surface area contributed by atoms with Crippen molar-refractivity contribution in [3.8, 4) is 0 Å². The molecule has 0 fully saturated rings. The van der Waals surface area contributed by atoms with Crippen molar-refractivity contribution in [1.29, 1.82) is 0 Å². The van der Waals surface area contributed by atoms with Gasteiger partial charge >= 0.3 is 5.97 Å². The van der Waals surface area contributed by atoms with Crippen LogP contribution in [0.3, 0.4) is 0 Å². The Morgan fingerprint density at radius 2 is 1.87 bits per heavy atom. The zero-order chi connectivity index (χ0) is 11.5. The van der Waals surface area contributed by atoms with Gasteiger partial charge in [0, 0.05) is 13.0 Å². The zero-order valence-electron chi connectivity index (χ0n) is 10.3. The molecule has 0 spiro atoms. The highest BCUT2D eigenvalue weighted by molar-refractivity contribution is 5.69. The number of hydrogen-bond acceptors (Lipinski definition) is 3. The number of esters is 1. The molecule has 1 atom stereocenters. The lowest BCUT2D eigenvalue weighted by Crippen LogP contribution is -2.19. The first-order valence-corrected chi connectivity index (χ1v) is 5.97. The zero-order valence-corrected chi connectivity index (χ0v) is 10.3. The van der Waals surface area contributed by atoms with E-state index in [0.29, 0.717) is 13.0 Å². The second-order valence-electron chi connectivity index (χ2n) is 3.82. The Kier molecular flexibility index (Phi) is 9.59. The van der Waals surface area contributed by atoms with Gasteiger partial charge in [-0.1, -0.05) is 26.7 Å². The molecule has 0 bridgehead atoms. The predicted molar refractivity (Wildman–Crippen MR) is 60.8 cm³/mol. The molecule has 0 rings (SSSR count). The van der Waals surface area contributed by atoms with Crippen LogP contribution in [0.15, 0.2) is 0 Å². The van der Waals surface area contributed by atoms with E-state index in [2.05, 4.69) is 13.8 Å². The van der Waals surface area contributed by atoms with Crippen LogP contribution in [0.25, 0.3) is 0 Å². The van der Waals surface area contributed by atoms with Crippen LogP contribution in [0, 0.1) is 0 Å². The maximum absolute atomic E-state index is 11.2. The highest BCUT2D eigenvalue weighted by atomic mass is 16.6. The summed E-state index contributed by atoms with van der Waals surface area (Å²) >= 11 is 0. The largest absolute Gasteiger partial charge is 0.463 e. The fourth-order valence-corrected chi connectivity index (χ4v) is 1.08. The third kappa shape index (κ3) is 9.73. The SMILES string of the molecule is CCCCOC(C)COC(=O)CCCC. The standard InChI is InChI=1S/C12H24O3/c1-4-6-8-12(13)15-10-11(3)14-9-7-5-2/h11H,4-10H2,1-3H3. The topological polar surface area (TPSA) is 35.5 Å². The number of ether oxygens (including phenoxy) is 2. The molecule has 3 heteroatoms. The molecule has 0 aliphatic carbocycles. The first kappa shape index (κ1) is 14.4. The number of hydrogen-bond donors (Lipinski definition) is 0. The Balaban J connectivity index is 3.36. The minimum Gasteiger partial charge on any atom is -0.463 e. The van der Waals surface area contributed by atoms with Crippen molar-refractivity contribution in [1.82, 2.24) is 0 Å². The Morgan fingerprint density at radius 1 is 1.20 bits per heavy atom. The molecule has 0 aromatic carbocycles. The minimum absolute atomic E-state index is 0.0159. The van der Waals surface area contributed by atoms with Crippen LogP contribution in [0.5, 0.6) is 0 Å². The Labute approximate surface area is 93.1 Å². The summed E-state index contributed by atoms with van der Waals surface area (Å²) in [5.41, 5.74) is 0. The number of rotatable bonds is 9. The third-order valence-electron chi connectivity index (χ3n) is 2.11. The molecule has 0 aliphatic heterocycles. The molecule has 0 amide bonds. The van der Waals surface area contributed by atoms with Crippen LogP contribution in [-0.2, 0) is 14.3 Å². The lowest BCUT2D eigenvalue weighted by Gasteiger charge is -2.12. The first-order valence-electron chi connectivity index (χ1n) is 5.97. The summed E-state index contributed by atoms with van der Waals surface area (Å²) in [7, 11) is 0. The average molecular weight is 216 g/mol.